The van der Waals surface area contributed by atoms with E-state index < -0.39 is 5.54 Å². The van der Waals surface area contributed by atoms with Crippen molar-refractivity contribution in [1.29, 1.82) is 0 Å². The highest BCUT2D eigenvalue weighted by Gasteiger charge is 2.27. The van der Waals surface area contributed by atoms with Gasteiger partial charge >= 0.3 is 0 Å². The van der Waals surface area contributed by atoms with E-state index in [2.05, 4.69) is 6.92 Å². The van der Waals surface area contributed by atoms with Crippen molar-refractivity contribution in [3.05, 3.63) is 0 Å². The van der Waals surface area contributed by atoms with Crippen LogP contribution in [0.1, 0.15) is 52.9 Å². The summed E-state index contributed by atoms with van der Waals surface area (Å²) in [5.74, 6) is 1.67. The molecule has 1 aliphatic rings. The number of nitrogens with two attached hydrogens (primary N) is 1. The van der Waals surface area contributed by atoms with Crippen LogP contribution in [0.3, 0.4) is 0 Å². The van der Waals surface area contributed by atoms with Crippen LogP contribution in [-0.2, 0) is 4.79 Å². The molecular weight excluding hydrogens is 174 g/mol. The molecule has 1 aliphatic carbocycles. The molecule has 0 heterocycles. The lowest BCUT2D eigenvalue weighted by molar-refractivity contribution is -0.124. The first-order chi connectivity index (χ1) is 6.39. The van der Waals surface area contributed by atoms with E-state index in [-0.39, 0.29) is 5.78 Å². The molecule has 1 saturated carbocycles. The Bertz CT molecular complexity index is 197. The van der Waals surface area contributed by atoms with Crippen LogP contribution in [0, 0.1) is 11.8 Å². The minimum atomic E-state index is -0.636. The van der Waals surface area contributed by atoms with Gasteiger partial charge in [0.25, 0.3) is 0 Å². The molecule has 0 aromatic rings. The second kappa shape index (κ2) is 4.43. The van der Waals surface area contributed by atoms with Gasteiger partial charge in [-0.1, -0.05) is 19.8 Å². The van der Waals surface area contributed by atoms with E-state index in [0.29, 0.717) is 12.3 Å². The molecule has 0 atom stereocenters. The summed E-state index contributed by atoms with van der Waals surface area (Å²) in [5.41, 5.74) is 5.14. The molecule has 14 heavy (non-hydrogen) atoms. The first-order valence-corrected chi connectivity index (χ1v) is 5.71. The Morgan fingerprint density at radius 1 is 1.29 bits per heavy atom. The molecule has 2 nitrogen and oxygen atoms in total. The molecule has 0 radical (unpaired) electrons. The molecule has 0 aromatic carbocycles. The van der Waals surface area contributed by atoms with E-state index in [1.807, 2.05) is 0 Å². The van der Waals surface area contributed by atoms with Crippen molar-refractivity contribution < 1.29 is 4.79 Å². The van der Waals surface area contributed by atoms with Crippen LogP contribution < -0.4 is 5.73 Å². The monoisotopic (exact) mass is 197 g/mol. The third kappa shape index (κ3) is 3.41. The van der Waals surface area contributed by atoms with Crippen LogP contribution in [0.25, 0.3) is 0 Å². The van der Waals surface area contributed by atoms with Crippen LogP contribution in [-0.4, -0.2) is 11.3 Å². The summed E-state index contributed by atoms with van der Waals surface area (Å²) in [6.45, 7) is 5.91. The number of carbonyl (C=O) groups is 1. The number of hydrogen-bond acceptors (Lipinski definition) is 2. The smallest absolute Gasteiger partial charge is 0.152 e. The van der Waals surface area contributed by atoms with Gasteiger partial charge in [0.15, 0.2) is 5.78 Å². The highest BCUT2D eigenvalue weighted by Crippen LogP contribution is 2.31. The number of ketones is 1. The molecule has 82 valence electrons. The Morgan fingerprint density at radius 3 is 2.21 bits per heavy atom. The van der Waals surface area contributed by atoms with Gasteiger partial charge < -0.3 is 5.73 Å². The highest BCUT2D eigenvalue weighted by molar-refractivity contribution is 5.87. The fourth-order valence-corrected chi connectivity index (χ4v) is 2.06. The van der Waals surface area contributed by atoms with Gasteiger partial charge in [0, 0.05) is 6.42 Å². The average Bonchev–Trinajstić information content (AvgIpc) is 2.07. The zero-order valence-corrected chi connectivity index (χ0v) is 9.68. The van der Waals surface area contributed by atoms with Crippen LogP contribution in [0.2, 0.25) is 0 Å². The van der Waals surface area contributed by atoms with Gasteiger partial charge in [-0.2, -0.15) is 0 Å². The molecule has 1 fully saturated rings. The molecule has 0 aromatic heterocycles. The van der Waals surface area contributed by atoms with Gasteiger partial charge in [0.1, 0.15) is 0 Å². The Hall–Kier alpha value is -0.370. The van der Waals surface area contributed by atoms with Gasteiger partial charge in [-0.25, -0.2) is 0 Å². The molecule has 0 amide bonds. The lowest BCUT2D eigenvalue weighted by Crippen LogP contribution is -2.42. The van der Waals surface area contributed by atoms with Crippen molar-refractivity contribution in [3.8, 4) is 0 Å². The van der Waals surface area contributed by atoms with Crippen molar-refractivity contribution in [3.63, 3.8) is 0 Å². The van der Waals surface area contributed by atoms with Gasteiger partial charge in [0.05, 0.1) is 5.54 Å². The van der Waals surface area contributed by atoms with E-state index in [1.54, 1.807) is 13.8 Å². The van der Waals surface area contributed by atoms with Gasteiger partial charge in [-0.05, 0) is 38.5 Å². The lowest BCUT2D eigenvalue weighted by atomic mass is 9.79. The molecular formula is C12H23NO. The average molecular weight is 197 g/mol. The number of carbonyl (C=O) groups excluding carboxylic acids is 1. The van der Waals surface area contributed by atoms with Crippen molar-refractivity contribution in [2.45, 2.75) is 58.4 Å². The summed E-state index contributed by atoms with van der Waals surface area (Å²) >= 11 is 0. The molecule has 0 unspecified atom stereocenters. The van der Waals surface area contributed by atoms with Crippen LogP contribution in [0.5, 0.6) is 0 Å². The first kappa shape index (κ1) is 11.7. The maximum atomic E-state index is 11.7. The second-order valence-electron chi connectivity index (χ2n) is 5.47. The molecule has 0 saturated heterocycles. The van der Waals surface area contributed by atoms with Gasteiger partial charge in [-0.3, -0.25) is 4.79 Å². The molecule has 0 spiro atoms. The fraction of sp³-hybridized carbons (Fsp3) is 0.917. The van der Waals surface area contributed by atoms with Crippen LogP contribution >= 0.6 is 0 Å². The Labute approximate surface area is 87.2 Å². The van der Waals surface area contributed by atoms with Gasteiger partial charge in [0.2, 0.25) is 0 Å². The first-order valence-electron chi connectivity index (χ1n) is 5.71. The quantitative estimate of drug-likeness (QED) is 0.755. The van der Waals surface area contributed by atoms with Crippen molar-refractivity contribution in [2.75, 3.05) is 0 Å². The summed E-state index contributed by atoms with van der Waals surface area (Å²) in [6.07, 6.45) is 5.67. The van der Waals surface area contributed by atoms with Crippen LogP contribution in [0.4, 0.5) is 0 Å². The third-order valence-electron chi connectivity index (χ3n) is 3.33. The molecule has 0 aliphatic heterocycles. The maximum Gasteiger partial charge on any atom is 0.152 e. The topological polar surface area (TPSA) is 43.1 Å². The lowest BCUT2D eigenvalue weighted by Gasteiger charge is -2.27. The predicted octanol–water partition coefficient (Wildman–Crippen LogP) is 2.51. The van der Waals surface area contributed by atoms with Gasteiger partial charge in [-0.15, -0.1) is 0 Å². The van der Waals surface area contributed by atoms with E-state index in [9.17, 15) is 4.79 Å². The summed E-state index contributed by atoms with van der Waals surface area (Å²) < 4.78 is 0. The SMILES string of the molecule is CC1CCC(CC(=O)C(C)(C)N)CC1. The second-order valence-corrected chi connectivity index (χ2v) is 5.47. The maximum absolute atomic E-state index is 11.7. The Balaban J connectivity index is 2.35. The standard InChI is InChI=1S/C12H23NO/c1-9-4-6-10(7-5-9)8-11(14)12(2,3)13/h9-10H,4-8,13H2,1-3H3. The summed E-state index contributed by atoms with van der Waals surface area (Å²) in [4.78, 5) is 11.7. The van der Waals surface area contributed by atoms with Crippen molar-refractivity contribution in [1.82, 2.24) is 0 Å². The molecule has 2 N–H and O–H groups in total. The normalized spacial score (nSPS) is 28.9. The summed E-state index contributed by atoms with van der Waals surface area (Å²) in [5, 5.41) is 0. The van der Waals surface area contributed by atoms with E-state index in [1.165, 1.54) is 25.7 Å². The van der Waals surface area contributed by atoms with Crippen molar-refractivity contribution >= 4 is 5.78 Å². The molecule has 0 bridgehead atoms. The predicted molar refractivity (Wildman–Crippen MR) is 59.0 cm³/mol. The van der Waals surface area contributed by atoms with E-state index in [0.717, 1.165) is 5.92 Å². The Morgan fingerprint density at radius 2 is 1.79 bits per heavy atom. The summed E-state index contributed by atoms with van der Waals surface area (Å²) in [6, 6.07) is 0. The minimum Gasteiger partial charge on any atom is -0.319 e. The fourth-order valence-electron chi connectivity index (χ4n) is 2.06. The van der Waals surface area contributed by atoms with Crippen molar-refractivity contribution in [2.24, 2.45) is 17.6 Å². The molecule has 1 rings (SSSR count). The largest absolute Gasteiger partial charge is 0.319 e. The van der Waals surface area contributed by atoms with E-state index in [4.69, 9.17) is 5.73 Å². The highest BCUT2D eigenvalue weighted by atomic mass is 16.1. The molecule has 2 heteroatoms. The number of Topliss-reactive ketones (excluding diaryl/α,β-unsaturated/α-hetero) is 1. The number of hydrogen-bond donors (Lipinski definition) is 1. The van der Waals surface area contributed by atoms with Crippen LogP contribution in [0.15, 0.2) is 0 Å². The number of rotatable bonds is 3. The third-order valence-corrected chi connectivity index (χ3v) is 3.33. The zero-order valence-electron chi connectivity index (χ0n) is 9.68. The minimum absolute atomic E-state index is 0.219. The van der Waals surface area contributed by atoms with E-state index >= 15 is 0 Å². The Kier molecular flexibility index (Phi) is 3.71. The summed E-state index contributed by atoms with van der Waals surface area (Å²) in [7, 11) is 0. The zero-order chi connectivity index (χ0) is 10.8.